The smallest absolute Gasteiger partial charge is 0.246 e. The highest BCUT2D eigenvalue weighted by Gasteiger charge is 2.24. The zero-order valence-corrected chi connectivity index (χ0v) is 11.6. The topological polar surface area (TPSA) is 57.6 Å². The molecule has 0 radical (unpaired) electrons. The lowest BCUT2D eigenvalue weighted by atomic mass is 10.2. The van der Waals surface area contributed by atoms with Crippen molar-refractivity contribution in [3.05, 3.63) is 59.9 Å². The number of halogens is 1. The molecule has 0 spiro atoms. The van der Waals surface area contributed by atoms with E-state index in [1.165, 1.54) is 49.5 Å². The summed E-state index contributed by atoms with van der Waals surface area (Å²) in [6.45, 7) is -0.108. The van der Waals surface area contributed by atoms with Crippen molar-refractivity contribution in [1.82, 2.24) is 4.31 Å². The molecular weight excluding hydrogens is 281 g/mol. The first kappa shape index (κ1) is 14.5. The standard InChI is InChI=1S/C14H14FNO3S/c1-16(10-11-6-2-3-7-12(11)15)20(18,19)14-9-5-4-8-13(14)17/h2-9,17H,10H2,1H3. The number of benzene rings is 2. The minimum absolute atomic E-state index is 0.108. The molecule has 6 heteroatoms. The number of hydrogen-bond acceptors (Lipinski definition) is 3. The van der Waals surface area contributed by atoms with Gasteiger partial charge in [0.05, 0.1) is 0 Å². The lowest BCUT2D eigenvalue weighted by Gasteiger charge is -2.18. The number of sulfonamides is 1. The minimum Gasteiger partial charge on any atom is -0.507 e. The largest absolute Gasteiger partial charge is 0.507 e. The fourth-order valence-electron chi connectivity index (χ4n) is 1.79. The number of aromatic hydroxyl groups is 1. The predicted octanol–water partition coefficient (Wildman–Crippen LogP) is 2.35. The van der Waals surface area contributed by atoms with Crippen LogP contribution in [0.5, 0.6) is 5.75 Å². The molecule has 0 bridgehead atoms. The molecule has 0 saturated heterocycles. The van der Waals surface area contributed by atoms with Crippen molar-refractivity contribution in [2.75, 3.05) is 7.05 Å². The second-order valence-electron chi connectivity index (χ2n) is 4.32. The van der Waals surface area contributed by atoms with Crippen LogP contribution >= 0.6 is 0 Å². The van der Waals surface area contributed by atoms with E-state index in [0.717, 1.165) is 4.31 Å². The third kappa shape index (κ3) is 2.81. The van der Waals surface area contributed by atoms with Crippen molar-refractivity contribution in [2.45, 2.75) is 11.4 Å². The number of phenols is 1. The summed E-state index contributed by atoms with van der Waals surface area (Å²) in [4.78, 5) is -0.196. The fraction of sp³-hybridized carbons (Fsp3) is 0.143. The maximum atomic E-state index is 13.5. The van der Waals surface area contributed by atoms with Crippen LogP contribution in [0.3, 0.4) is 0 Å². The summed E-state index contributed by atoms with van der Waals surface area (Å²) in [5, 5.41) is 9.64. The van der Waals surface area contributed by atoms with Crippen LogP contribution in [0.15, 0.2) is 53.4 Å². The number of para-hydroxylation sites is 1. The summed E-state index contributed by atoms with van der Waals surface area (Å²) < 4.78 is 39.2. The Morgan fingerprint density at radius 3 is 2.35 bits per heavy atom. The van der Waals surface area contributed by atoms with Crippen molar-refractivity contribution in [3.63, 3.8) is 0 Å². The molecule has 0 unspecified atom stereocenters. The van der Waals surface area contributed by atoms with Gasteiger partial charge in [-0.1, -0.05) is 30.3 Å². The van der Waals surface area contributed by atoms with Crippen LogP contribution in [0.2, 0.25) is 0 Å². The molecule has 0 saturated carbocycles. The summed E-state index contributed by atoms with van der Waals surface area (Å²) in [6, 6.07) is 11.6. The second kappa shape index (κ2) is 5.60. The van der Waals surface area contributed by atoms with Gasteiger partial charge < -0.3 is 5.11 Å². The zero-order valence-electron chi connectivity index (χ0n) is 10.8. The summed E-state index contributed by atoms with van der Waals surface area (Å²) in [6.07, 6.45) is 0. The van der Waals surface area contributed by atoms with Crippen molar-refractivity contribution in [2.24, 2.45) is 0 Å². The molecule has 20 heavy (non-hydrogen) atoms. The quantitative estimate of drug-likeness (QED) is 0.942. The molecule has 0 aliphatic rings. The summed E-state index contributed by atoms with van der Waals surface area (Å²) in [7, 11) is -2.53. The Bertz CT molecular complexity index is 716. The normalized spacial score (nSPS) is 11.8. The SMILES string of the molecule is CN(Cc1ccccc1F)S(=O)(=O)c1ccccc1O. The molecule has 0 aromatic heterocycles. The summed E-state index contributed by atoms with van der Waals surface area (Å²) >= 11 is 0. The molecule has 2 aromatic rings. The van der Waals surface area contributed by atoms with E-state index >= 15 is 0 Å². The Labute approximate surface area is 117 Å². The van der Waals surface area contributed by atoms with Gasteiger partial charge in [-0.25, -0.2) is 12.8 Å². The van der Waals surface area contributed by atoms with Crippen molar-refractivity contribution in [3.8, 4) is 5.75 Å². The Kier molecular flexibility index (Phi) is 4.06. The molecule has 2 aromatic carbocycles. The fourth-order valence-corrected chi connectivity index (χ4v) is 3.02. The van der Waals surface area contributed by atoms with Crippen LogP contribution in [0.4, 0.5) is 4.39 Å². The van der Waals surface area contributed by atoms with Crippen LogP contribution in [-0.4, -0.2) is 24.9 Å². The average Bonchev–Trinajstić information content (AvgIpc) is 2.41. The Morgan fingerprint density at radius 2 is 1.70 bits per heavy atom. The Morgan fingerprint density at radius 1 is 1.10 bits per heavy atom. The molecule has 1 N–H and O–H groups in total. The first-order valence-corrected chi connectivity index (χ1v) is 7.34. The summed E-state index contributed by atoms with van der Waals surface area (Å²) in [5.41, 5.74) is 0.272. The third-order valence-electron chi connectivity index (χ3n) is 2.90. The van der Waals surface area contributed by atoms with Crippen molar-refractivity contribution in [1.29, 1.82) is 0 Å². The number of phenolic OH excluding ortho intramolecular Hbond substituents is 1. The van der Waals surface area contributed by atoms with E-state index in [4.69, 9.17) is 0 Å². The van der Waals surface area contributed by atoms with E-state index in [1.54, 1.807) is 6.07 Å². The van der Waals surface area contributed by atoms with Crippen molar-refractivity contribution < 1.29 is 17.9 Å². The van der Waals surface area contributed by atoms with E-state index in [9.17, 15) is 17.9 Å². The average molecular weight is 295 g/mol. The van der Waals surface area contributed by atoms with Gasteiger partial charge in [-0.15, -0.1) is 0 Å². The summed E-state index contributed by atoms with van der Waals surface area (Å²) in [5.74, 6) is -0.792. The lowest BCUT2D eigenvalue weighted by Crippen LogP contribution is -2.27. The van der Waals surface area contributed by atoms with Gasteiger partial charge in [0.15, 0.2) is 0 Å². The minimum atomic E-state index is -3.87. The Hall–Kier alpha value is -1.92. The highest BCUT2D eigenvalue weighted by Crippen LogP contribution is 2.25. The number of nitrogens with zero attached hydrogens (tertiary/aromatic N) is 1. The first-order valence-electron chi connectivity index (χ1n) is 5.90. The molecule has 0 heterocycles. The van der Waals surface area contributed by atoms with E-state index in [-0.39, 0.29) is 22.8 Å². The van der Waals surface area contributed by atoms with Crippen LogP contribution in [0, 0.1) is 5.82 Å². The molecule has 0 amide bonds. The van der Waals surface area contributed by atoms with E-state index < -0.39 is 15.8 Å². The van der Waals surface area contributed by atoms with Gasteiger partial charge in [-0.2, -0.15) is 4.31 Å². The van der Waals surface area contributed by atoms with Crippen LogP contribution in [0.1, 0.15) is 5.56 Å². The molecule has 0 aliphatic heterocycles. The predicted molar refractivity (Wildman–Crippen MR) is 73.2 cm³/mol. The maximum absolute atomic E-state index is 13.5. The molecule has 4 nitrogen and oxygen atoms in total. The first-order chi connectivity index (χ1) is 9.43. The monoisotopic (exact) mass is 295 g/mol. The van der Waals surface area contributed by atoms with Gasteiger partial charge in [0.25, 0.3) is 0 Å². The molecule has 106 valence electrons. The highest BCUT2D eigenvalue weighted by molar-refractivity contribution is 7.89. The zero-order chi connectivity index (χ0) is 14.8. The second-order valence-corrected chi connectivity index (χ2v) is 6.33. The molecule has 2 rings (SSSR count). The van der Waals surface area contributed by atoms with E-state index in [1.807, 2.05) is 0 Å². The van der Waals surface area contributed by atoms with Crippen LogP contribution < -0.4 is 0 Å². The number of hydrogen-bond donors (Lipinski definition) is 1. The third-order valence-corrected chi connectivity index (χ3v) is 4.76. The number of rotatable bonds is 4. The van der Waals surface area contributed by atoms with Gasteiger partial charge in [0.1, 0.15) is 16.5 Å². The van der Waals surface area contributed by atoms with Gasteiger partial charge in [0, 0.05) is 19.2 Å². The molecular formula is C14H14FNO3S. The lowest BCUT2D eigenvalue weighted by molar-refractivity contribution is 0.436. The van der Waals surface area contributed by atoms with Gasteiger partial charge in [-0.05, 0) is 18.2 Å². The van der Waals surface area contributed by atoms with E-state index in [0.29, 0.717) is 0 Å². The van der Waals surface area contributed by atoms with Crippen LogP contribution in [-0.2, 0) is 16.6 Å². The van der Waals surface area contributed by atoms with Gasteiger partial charge in [-0.3, -0.25) is 0 Å². The Balaban J connectivity index is 2.31. The van der Waals surface area contributed by atoms with Gasteiger partial charge in [0.2, 0.25) is 10.0 Å². The molecule has 0 atom stereocenters. The molecule has 0 aliphatic carbocycles. The van der Waals surface area contributed by atoms with E-state index in [2.05, 4.69) is 0 Å². The molecule has 0 fully saturated rings. The van der Waals surface area contributed by atoms with Crippen molar-refractivity contribution >= 4 is 10.0 Å². The highest BCUT2D eigenvalue weighted by atomic mass is 32.2. The van der Waals surface area contributed by atoms with Gasteiger partial charge >= 0.3 is 0 Å². The maximum Gasteiger partial charge on any atom is 0.246 e. The van der Waals surface area contributed by atoms with Crippen LogP contribution in [0.25, 0.3) is 0 Å².